The maximum absolute atomic E-state index is 11.9. The van der Waals surface area contributed by atoms with Crippen molar-refractivity contribution in [2.75, 3.05) is 28.9 Å². The molecule has 1 saturated heterocycles. The second kappa shape index (κ2) is 9.10. The Morgan fingerprint density at radius 3 is 2.48 bits per heavy atom. The van der Waals surface area contributed by atoms with Crippen LogP contribution in [0.2, 0.25) is 0 Å². The minimum Gasteiger partial charge on any atom is -0.326 e. The third-order valence-corrected chi connectivity index (χ3v) is 5.07. The smallest absolute Gasteiger partial charge is 0.232 e. The van der Waals surface area contributed by atoms with Crippen LogP contribution >= 0.6 is 12.4 Å². The van der Waals surface area contributed by atoms with Crippen LogP contribution < -0.4 is 15.4 Å². The maximum Gasteiger partial charge on any atom is 0.232 e. The number of anilines is 2. The normalized spacial score (nSPS) is 17.3. The minimum atomic E-state index is -3.27. The van der Waals surface area contributed by atoms with Crippen LogP contribution in [0.25, 0.3) is 0 Å². The molecule has 0 radical (unpaired) electrons. The lowest BCUT2D eigenvalue weighted by atomic mass is 10.0. The van der Waals surface area contributed by atoms with E-state index in [1.54, 1.807) is 31.2 Å². The average Bonchev–Trinajstić information content (AvgIpc) is 3.00. The number of carbonyl (C=O) groups is 1. The van der Waals surface area contributed by atoms with E-state index in [2.05, 4.69) is 15.4 Å². The Bertz CT molecular complexity index is 599. The Labute approximate surface area is 143 Å². The van der Waals surface area contributed by atoms with Crippen LogP contribution in [0.5, 0.6) is 0 Å². The number of benzene rings is 1. The number of hydrogen-bond donors (Lipinski definition) is 3. The van der Waals surface area contributed by atoms with Crippen molar-refractivity contribution in [3.63, 3.8) is 0 Å². The molecule has 1 atom stereocenters. The number of rotatable bonds is 7. The zero-order chi connectivity index (χ0) is 16.0. The summed E-state index contributed by atoms with van der Waals surface area (Å²) >= 11 is 0. The van der Waals surface area contributed by atoms with E-state index >= 15 is 0 Å². The van der Waals surface area contributed by atoms with Gasteiger partial charge >= 0.3 is 0 Å². The molecule has 0 saturated carbocycles. The molecule has 1 amide bonds. The van der Waals surface area contributed by atoms with Crippen molar-refractivity contribution >= 4 is 39.7 Å². The molecule has 8 heteroatoms. The molecule has 0 aliphatic carbocycles. The van der Waals surface area contributed by atoms with Crippen LogP contribution in [0.4, 0.5) is 11.4 Å². The van der Waals surface area contributed by atoms with Crippen molar-refractivity contribution in [2.45, 2.75) is 26.2 Å². The second-order valence-electron chi connectivity index (χ2n) is 5.53. The molecule has 0 aromatic heterocycles. The number of carbonyl (C=O) groups excluding carboxylic acids is 1. The lowest BCUT2D eigenvalue weighted by Gasteiger charge is -2.10. The highest BCUT2D eigenvalue weighted by molar-refractivity contribution is 7.92. The zero-order valence-corrected chi connectivity index (χ0v) is 14.8. The van der Waals surface area contributed by atoms with Crippen LogP contribution in [0.1, 0.15) is 26.2 Å². The first kappa shape index (κ1) is 19.7. The maximum atomic E-state index is 11.9. The van der Waals surface area contributed by atoms with Crippen molar-refractivity contribution in [3.8, 4) is 0 Å². The molecule has 1 aromatic rings. The Morgan fingerprint density at radius 1 is 1.26 bits per heavy atom. The van der Waals surface area contributed by atoms with Gasteiger partial charge < -0.3 is 10.6 Å². The van der Waals surface area contributed by atoms with Crippen molar-refractivity contribution in [1.29, 1.82) is 0 Å². The van der Waals surface area contributed by atoms with Crippen molar-refractivity contribution in [3.05, 3.63) is 24.3 Å². The van der Waals surface area contributed by atoms with Gasteiger partial charge in [0.1, 0.15) is 0 Å². The predicted molar refractivity (Wildman–Crippen MR) is 95.6 cm³/mol. The summed E-state index contributed by atoms with van der Waals surface area (Å²) in [4.78, 5) is 11.9. The van der Waals surface area contributed by atoms with Gasteiger partial charge in [-0.05, 0) is 63.0 Å². The molecular formula is C15H24ClN3O3S. The molecule has 3 N–H and O–H groups in total. The first-order valence-corrected chi connectivity index (χ1v) is 9.25. The number of sulfonamides is 1. The summed E-state index contributed by atoms with van der Waals surface area (Å²) in [6.07, 6.45) is 2.54. The van der Waals surface area contributed by atoms with Gasteiger partial charge in [-0.3, -0.25) is 9.52 Å². The summed E-state index contributed by atoms with van der Waals surface area (Å²) in [5.74, 6) is 0.618. The van der Waals surface area contributed by atoms with Gasteiger partial charge in [0.25, 0.3) is 0 Å². The Balaban J connectivity index is 0.00000264. The zero-order valence-electron chi connectivity index (χ0n) is 13.2. The van der Waals surface area contributed by atoms with Crippen molar-refractivity contribution in [2.24, 2.45) is 5.92 Å². The fourth-order valence-electron chi connectivity index (χ4n) is 2.39. The fraction of sp³-hybridized carbons (Fsp3) is 0.533. The quantitative estimate of drug-likeness (QED) is 0.694. The summed E-state index contributed by atoms with van der Waals surface area (Å²) < 4.78 is 25.4. The largest absolute Gasteiger partial charge is 0.326 e. The molecule has 23 heavy (non-hydrogen) atoms. The lowest BCUT2D eigenvalue weighted by molar-refractivity contribution is -0.116. The molecule has 1 aliphatic heterocycles. The molecule has 1 fully saturated rings. The number of hydrogen-bond acceptors (Lipinski definition) is 4. The SMILES string of the molecule is CCS(=O)(=O)Nc1ccc(NC(=O)CCC2CCNC2)cc1.Cl. The van der Waals surface area contributed by atoms with Gasteiger partial charge in [0.15, 0.2) is 0 Å². The van der Waals surface area contributed by atoms with Gasteiger partial charge in [0.2, 0.25) is 15.9 Å². The van der Waals surface area contributed by atoms with E-state index in [0.29, 0.717) is 23.7 Å². The molecule has 1 aliphatic rings. The highest BCUT2D eigenvalue weighted by Crippen LogP contribution is 2.17. The summed E-state index contributed by atoms with van der Waals surface area (Å²) in [6.45, 7) is 3.62. The van der Waals surface area contributed by atoms with E-state index in [0.717, 1.165) is 25.9 Å². The van der Waals surface area contributed by atoms with Crippen LogP contribution in [0.15, 0.2) is 24.3 Å². The van der Waals surface area contributed by atoms with Crippen molar-refractivity contribution in [1.82, 2.24) is 5.32 Å². The lowest BCUT2D eigenvalue weighted by Crippen LogP contribution is -2.16. The van der Waals surface area contributed by atoms with E-state index in [-0.39, 0.29) is 24.1 Å². The molecule has 1 heterocycles. The molecule has 130 valence electrons. The van der Waals surface area contributed by atoms with Gasteiger partial charge in [0.05, 0.1) is 5.75 Å². The highest BCUT2D eigenvalue weighted by Gasteiger charge is 2.15. The van der Waals surface area contributed by atoms with Crippen LogP contribution in [-0.2, 0) is 14.8 Å². The number of nitrogens with one attached hydrogen (secondary N) is 3. The monoisotopic (exact) mass is 361 g/mol. The first-order valence-electron chi connectivity index (χ1n) is 7.59. The number of amides is 1. The fourth-order valence-corrected chi connectivity index (χ4v) is 3.03. The van der Waals surface area contributed by atoms with Crippen molar-refractivity contribution < 1.29 is 13.2 Å². The van der Waals surface area contributed by atoms with E-state index in [1.165, 1.54) is 0 Å². The van der Waals surface area contributed by atoms with Crippen LogP contribution in [0.3, 0.4) is 0 Å². The standard InChI is InChI=1S/C15H23N3O3S.ClH/c1-2-22(20,21)18-14-6-4-13(5-7-14)17-15(19)8-3-12-9-10-16-11-12;/h4-7,12,16,18H,2-3,8-11H2,1H3,(H,17,19);1H. The minimum absolute atomic E-state index is 0. The van der Waals surface area contributed by atoms with Gasteiger partial charge in [-0.1, -0.05) is 0 Å². The van der Waals surface area contributed by atoms with E-state index in [4.69, 9.17) is 0 Å². The molecule has 6 nitrogen and oxygen atoms in total. The van der Waals surface area contributed by atoms with Crippen LogP contribution in [0, 0.1) is 5.92 Å². The Morgan fingerprint density at radius 2 is 1.91 bits per heavy atom. The van der Waals surface area contributed by atoms with E-state index in [1.807, 2.05) is 0 Å². The van der Waals surface area contributed by atoms with E-state index < -0.39 is 10.0 Å². The van der Waals surface area contributed by atoms with Gasteiger partial charge in [-0.2, -0.15) is 0 Å². The molecule has 0 bridgehead atoms. The Kier molecular flexibility index (Phi) is 7.81. The summed E-state index contributed by atoms with van der Waals surface area (Å²) in [5, 5.41) is 6.12. The molecule has 0 spiro atoms. The summed E-state index contributed by atoms with van der Waals surface area (Å²) in [5.41, 5.74) is 1.17. The van der Waals surface area contributed by atoms with Gasteiger partial charge in [-0.25, -0.2) is 8.42 Å². The van der Waals surface area contributed by atoms with Gasteiger partial charge in [-0.15, -0.1) is 12.4 Å². The first-order chi connectivity index (χ1) is 10.5. The topological polar surface area (TPSA) is 87.3 Å². The number of halogens is 1. The molecule has 2 rings (SSSR count). The molecule has 1 unspecified atom stereocenters. The second-order valence-corrected chi connectivity index (χ2v) is 7.54. The third kappa shape index (κ3) is 6.76. The summed E-state index contributed by atoms with van der Waals surface area (Å²) in [7, 11) is -3.27. The predicted octanol–water partition coefficient (Wildman–Crippen LogP) is 2.20. The van der Waals surface area contributed by atoms with Gasteiger partial charge in [0, 0.05) is 17.8 Å². The highest BCUT2D eigenvalue weighted by atomic mass is 35.5. The van der Waals surface area contributed by atoms with E-state index in [9.17, 15) is 13.2 Å². The molecule has 1 aromatic carbocycles. The average molecular weight is 362 g/mol. The Hall–Kier alpha value is -1.31. The summed E-state index contributed by atoms with van der Waals surface area (Å²) in [6, 6.07) is 6.68. The van der Waals surface area contributed by atoms with Crippen LogP contribution in [-0.4, -0.2) is 33.2 Å². The third-order valence-electron chi connectivity index (χ3n) is 3.76. The molecular weight excluding hydrogens is 338 g/mol.